The van der Waals surface area contributed by atoms with E-state index in [4.69, 9.17) is 5.10 Å². The molecule has 0 aliphatic carbocycles. The molecular weight excluding hydrogens is 506 g/mol. The molecule has 6 aromatic carbocycles. The van der Waals surface area contributed by atoms with Gasteiger partial charge in [0.15, 0.2) is 11.6 Å². The molecule has 2 aromatic heterocycles. The lowest BCUT2D eigenvalue weighted by molar-refractivity contribution is 1.08. The largest absolute Gasteiger partial charge is 0.275 e. The first-order valence-electron chi connectivity index (χ1n) is 13.3. The zero-order valence-electron chi connectivity index (χ0n) is 21.5. The summed E-state index contributed by atoms with van der Waals surface area (Å²) in [5.74, 6) is 1.64. The monoisotopic (exact) mass is 529 g/mol. The highest BCUT2D eigenvalue weighted by atomic mass is 32.1. The van der Waals surface area contributed by atoms with Crippen molar-refractivity contribution in [1.29, 1.82) is 0 Å². The summed E-state index contributed by atoms with van der Waals surface area (Å²) in [6.45, 7) is 0. The number of hydrogen-bond acceptors (Lipinski definition) is 3. The maximum Gasteiger partial charge on any atom is 0.168 e. The van der Waals surface area contributed by atoms with Crippen molar-refractivity contribution >= 4 is 42.3 Å². The molecule has 0 N–H and O–H groups in total. The molecule has 0 saturated carbocycles. The van der Waals surface area contributed by atoms with E-state index in [0.29, 0.717) is 0 Å². The van der Waals surface area contributed by atoms with E-state index in [-0.39, 0.29) is 0 Å². The van der Waals surface area contributed by atoms with E-state index >= 15 is 0 Å². The van der Waals surface area contributed by atoms with Gasteiger partial charge < -0.3 is 0 Å². The third-order valence-corrected chi connectivity index (χ3v) is 8.76. The van der Waals surface area contributed by atoms with Crippen molar-refractivity contribution in [1.82, 2.24) is 14.8 Å². The fraction of sp³-hybridized carbons (Fsp3) is 0. The van der Waals surface area contributed by atoms with Crippen LogP contribution in [0.1, 0.15) is 0 Å². The molecule has 8 aromatic rings. The van der Waals surface area contributed by atoms with Gasteiger partial charge in [0.2, 0.25) is 0 Å². The van der Waals surface area contributed by atoms with Crippen LogP contribution in [0.4, 0.5) is 0 Å². The van der Waals surface area contributed by atoms with E-state index in [1.165, 1.54) is 42.1 Å². The Morgan fingerprint density at radius 2 is 1.12 bits per heavy atom. The quantitative estimate of drug-likeness (QED) is 0.227. The number of rotatable bonds is 4. The van der Waals surface area contributed by atoms with Crippen molar-refractivity contribution in [2.45, 2.75) is 0 Å². The minimum atomic E-state index is 0.820. The SMILES string of the molecule is c1ccc(-c2nnc(-c3ccc(-c4cccc5c4sc4ccccc45)cc3)n2-c2ccc3ccccc3c2)cc1. The fourth-order valence-electron chi connectivity index (χ4n) is 5.58. The van der Waals surface area contributed by atoms with E-state index < -0.39 is 0 Å². The molecule has 0 saturated heterocycles. The summed E-state index contributed by atoms with van der Waals surface area (Å²) in [5, 5.41) is 14.4. The van der Waals surface area contributed by atoms with Crippen LogP contribution in [0, 0.1) is 0 Å². The first kappa shape index (κ1) is 22.9. The van der Waals surface area contributed by atoms with Gasteiger partial charge in [0.05, 0.1) is 0 Å². The van der Waals surface area contributed by atoms with E-state index in [2.05, 4.69) is 131 Å². The van der Waals surface area contributed by atoms with Crippen LogP contribution in [-0.2, 0) is 0 Å². The Kier molecular flexibility index (Phi) is 5.32. The summed E-state index contributed by atoms with van der Waals surface area (Å²) in [6.07, 6.45) is 0. The van der Waals surface area contributed by atoms with Crippen molar-refractivity contribution in [3.05, 3.63) is 140 Å². The molecule has 4 heteroatoms. The van der Waals surface area contributed by atoms with Crippen molar-refractivity contribution in [3.63, 3.8) is 0 Å². The van der Waals surface area contributed by atoms with Crippen LogP contribution >= 0.6 is 11.3 Å². The van der Waals surface area contributed by atoms with E-state index in [9.17, 15) is 0 Å². The molecule has 0 radical (unpaired) electrons. The summed E-state index contributed by atoms with van der Waals surface area (Å²) >= 11 is 1.86. The Morgan fingerprint density at radius 1 is 0.475 bits per heavy atom. The van der Waals surface area contributed by atoms with Crippen molar-refractivity contribution < 1.29 is 0 Å². The van der Waals surface area contributed by atoms with Crippen LogP contribution in [0.3, 0.4) is 0 Å². The van der Waals surface area contributed by atoms with Gasteiger partial charge in [0.25, 0.3) is 0 Å². The number of nitrogens with zero attached hydrogens (tertiary/aromatic N) is 3. The molecule has 0 unspecified atom stereocenters. The summed E-state index contributed by atoms with van der Waals surface area (Å²) in [7, 11) is 0. The number of hydrogen-bond donors (Lipinski definition) is 0. The summed E-state index contributed by atoms with van der Waals surface area (Å²) < 4.78 is 4.81. The lowest BCUT2D eigenvalue weighted by Gasteiger charge is -2.12. The van der Waals surface area contributed by atoms with Gasteiger partial charge in [-0.05, 0) is 40.1 Å². The third kappa shape index (κ3) is 3.73. The van der Waals surface area contributed by atoms with E-state index in [0.717, 1.165) is 28.5 Å². The molecular formula is C36H23N3S. The predicted octanol–water partition coefficient (Wildman–Crippen LogP) is 9.79. The molecule has 8 rings (SSSR count). The van der Waals surface area contributed by atoms with Crippen LogP contribution in [0.25, 0.3) is 70.5 Å². The van der Waals surface area contributed by atoms with Crippen LogP contribution in [0.5, 0.6) is 0 Å². The highest BCUT2D eigenvalue weighted by Crippen LogP contribution is 2.40. The topological polar surface area (TPSA) is 30.7 Å². The van der Waals surface area contributed by atoms with Gasteiger partial charge in [-0.1, -0.05) is 121 Å². The van der Waals surface area contributed by atoms with Gasteiger partial charge in [0.1, 0.15) is 0 Å². The first-order valence-corrected chi connectivity index (χ1v) is 14.2. The van der Waals surface area contributed by atoms with E-state index in [1.54, 1.807) is 0 Å². The van der Waals surface area contributed by atoms with Crippen molar-refractivity contribution in [2.75, 3.05) is 0 Å². The lowest BCUT2D eigenvalue weighted by atomic mass is 10.0. The smallest absolute Gasteiger partial charge is 0.168 e. The molecule has 0 fully saturated rings. The number of thiophene rings is 1. The molecule has 0 amide bonds. The highest BCUT2D eigenvalue weighted by molar-refractivity contribution is 7.26. The Bertz CT molecular complexity index is 2160. The standard InChI is InChI=1S/C36H23N3S/c1-2-10-26(11-3-1)35-37-38-36(39(35)29-22-21-24-9-4-5-12-28(24)23-29)27-19-17-25(18-20-27)30-14-8-15-32-31-13-6-7-16-33(31)40-34(30)32/h1-23H. The van der Waals surface area contributed by atoms with Crippen LogP contribution < -0.4 is 0 Å². The van der Waals surface area contributed by atoms with Crippen molar-refractivity contribution in [2.24, 2.45) is 0 Å². The van der Waals surface area contributed by atoms with Gasteiger partial charge in [0, 0.05) is 37.0 Å². The minimum absolute atomic E-state index is 0.820. The second-order valence-corrected chi connectivity index (χ2v) is 11.0. The third-order valence-electron chi connectivity index (χ3n) is 7.54. The van der Waals surface area contributed by atoms with Gasteiger partial charge >= 0.3 is 0 Å². The van der Waals surface area contributed by atoms with Crippen LogP contribution in [-0.4, -0.2) is 14.8 Å². The number of benzene rings is 6. The Balaban J connectivity index is 1.27. The maximum atomic E-state index is 4.72. The zero-order valence-corrected chi connectivity index (χ0v) is 22.3. The molecule has 0 aliphatic heterocycles. The molecule has 2 heterocycles. The van der Waals surface area contributed by atoms with Gasteiger partial charge in [-0.3, -0.25) is 4.57 Å². The summed E-state index contributed by atoms with van der Waals surface area (Å²) in [6, 6.07) is 49.2. The molecule has 0 aliphatic rings. The lowest BCUT2D eigenvalue weighted by Crippen LogP contribution is -2.00. The average Bonchev–Trinajstić information content (AvgIpc) is 3.64. The minimum Gasteiger partial charge on any atom is -0.275 e. The molecule has 0 atom stereocenters. The van der Waals surface area contributed by atoms with Gasteiger partial charge in [-0.15, -0.1) is 21.5 Å². The Morgan fingerprint density at radius 3 is 1.95 bits per heavy atom. The Hall–Kier alpha value is -5.06. The molecule has 188 valence electrons. The molecule has 0 bridgehead atoms. The van der Waals surface area contributed by atoms with E-state index in [1.807, 2.05) is 29.5 Å². The first-order chi connectivity index (χ1) is 19.8. The zero-order chi connectivity index (χ0) is 26.5. The van der Waals surface area contributed by atoms with Crippen LogP contribution in [0.2, 0.25) is 0 Å². The van der Waals surface area contributed by atoms with Gasteiger partial charge in [-0.2, -0.15) is 0 Å². The molecule has 40 heavy (non-hydrogen) atoms. The second kappa shape index (κ2) is 9.30. The predicted molar refractivity (Wildman–Crippen MR) is 168 cm³/mol. The maximum absolute atomic E-state index is 4.72. The number of aromatic nitrogens is 3. The normalized spacial score (nSPS) is 11.5. The number of fused-ring (bicyclic) bond motifs is 4. The Labute approximate surface area is 235 Å². The van der Waals surface area contributed by atoms with Crippen LogP contribution in [0.15, 0.2) is 140 Å². The summed E-state index contributed by atoms with van der Waals surface area (Å²) in [5.41, 5.74) is 5.54. The second-order valence-electron chi connectivity index (χ2n) is 9.94. The molecule has 0 spiro atoms. The highest BCUT2D eigenvalue weighted by Gasteiger charge is 2.18. The average molecular weight is 530 g/mol. The fourth-order valence-corrected chi connectivity index (χ4v) is 6.82. The molecule has 3 nitrogen and oxygen atoms in total. The summed E-state index contributed by atoms with van der Waals surface area (Å²) in [4.78, 5) is 0. The van der Waals surface area contributed by atoms with Crippen molar-refractivity contribution in [3.8, 4) is 39.6 Å². The van der Waals surface area contributed by atoms with Gasteiger partial charge in [-0.25, -0.2) is 0 Å².